The van der Waals surface area contributed by atoms with Crippen LogP contribution >= 0.6 is 23.4 Å². The summed E-state index contributed by atoms with van der Waals surface area (Å²) in [6, 6.07) is 4.79. The first kappa shape index (κ1) is 27.3. The van der Waals surface area contributed by atoms with Crippen LogP contribution in [-0.4, -0.2) is 80.9 Å². The highest BCUT2D eigenvalue weighted by atomic mass is 35.5. The largest absolute Gasteiger partial charge is 0.396 e. The van der Waals surface area contributed by atoms with Gasteiger partial charge in [0.15, 0.2) is 0 Å². The Morgan fingerprint density at radius 2 is 1.79 bits per heavy atom. The summed E-state index contributed by atoms with van der Waals surface area (Å²) in [5.74, 6) is -1.56. The standard InChI is InChI=1S/C29H36ClN3O4S/c1-4-14-31-15-8-12-28(3)21(25(31)35)22-26(36)33(16-5-6-18-34)24-27(37)32(17-9-13-29(22,24)38-28)23-19(2)10-7-11-20(23)30/h7-13,21-22,24,34H,4-6,14-18H2,1-3H3/t21-,22-,24?,28+,29-/m0/s1. The van der Waals surface area contributed by atoms with E-state index in [4.69, 9.17) is 11.6 Å². The Balaban J connectivity index is 1.64. The molecule has 1 spiro atoms. The molecule has 2 fully saturated rings. The number of fused-ring (bicyclic) bond motifs is 2. The summed E-state index contributed by atoms with van der Waals surface area (Å²) < 4.78 is -1.50. The first-order valence-corrected chi connectivity index (χ1v) is 14.7. The number of unbranched alkanes of at least 4 members (excludes halogenated alkanes) is 1. The van der Waals surface area contributed by atoms with Gasteiger partial charge in [0.2, 0.25) is 11.8 Å². The van der Waals surface area contributed by atoms with Crippen molar-refractivity contribution in [1.29, 1.82) is 0 Å². The number of carbonyl (C=O) groups excluding carboxylic acids is 3. The number of thioether (sulfide) groups is 1. The van der Waals surface area contributed by atoms with Gasteiger partial charge in [-0.3, -0.25) is 14.4 Å². The van der Waals surface area contributed by atoms with Crippen LogP contribution in [0.25, 0.3) is 0 Å². The average Bonchev–Trinajstić information content (AvgIpc) is 3.14. The van der Waals surface area contributed by atoms with Crippen LogP contribution < -0.4 is 4.90 Å². The minimum atomic E-state index is -0.883. The molecule has 4 aliphatic heterocycles. The molecule has 5 atom stereocenters. The van der Waals surface area contributed by atoms with Crippen molar-refractivity contribution in [3.63, 3.8) is 0 Å². The van der Waals surface area contributed by atoms with Crippen LogP contribution in [0.15, 0.2) is 42.5 Å². The molecule has 2 saturated heterocycles. The summed E-state index contributed by atoms with van der Waals surface area (Å²) in [4.78, 5) is 48.1. The molecule has 0 aromatic heterocycles. The van der Waals surface area contributed by atoms with Crippen molar-refractivity contribution in [2.24, 2.45) is 11.8 Å². The number of halogens is 1. The molecule has 38 heavy (non-hydrogen) atoms. The maximum Gasteiger partial charge on any atom is 0.251 e. The molecule has 5 rings (SSSR count). The highest BCUT2D eigenvalue weighted by molar-refractivity contribution is 8.02. The second-order valence-electron chi connectivity index (χ2n) is 10.9. The molecule has 7 nitrogen and oxygen atoms in total. The van der Waals surface area contributed by atoms with Gasteiger partial charge in [-0.2, -0.15) is 0 Å². The lowest BCUT2D eigenvalue weighted by atomic mass is 9.74. The fourth-order valence-electron chi connectivity index (χ4n) is 6.84. The van der Waals surface area contributed by atoms with E-state index in [0.29, 0.717) is 49.7 Å². The molecule has 9 heteroatoms. The van der Waals surface area contributed by atoms with E-state index in [9.17, 15) is 19.5 Å². The lowest BCUT2D eigenvalue weighted by molar-refractivity contribution is -0.143. The van der Waals surface area contributed by atoms with Crippen LogP contribution in [0.2, 0.25) is 5.02 Å². The molecular formula is C29H36ClN3O4S. The van der Waals surface area contributed by atoms with Crippen LogP contribution in [0.3, 0.4) is 0 Å². The third-order valence-electron chi connectivity index (χ3n) is 8.40. The normalized spacial score (nSPS) is 32.4. The fraction of sp³-hybridized carbons (Fsp3) is 0.552. The van der Waals surface area contributed by atoms with E-state index in [0.717, 1.165) is 12.0 Å². The van der Waals surface area contributed by atoms with Crippen molar-refractivity contribution in [3.05, 3.63) is 53.1 Å². The van der Waals surface area contributed by atoms with Gasteiger partial charge in [0.05, 0.1) is 27.3 Å². The van der Waals surface area contributed by atoms with E-state index in [1.165, 1.54) is 0 Å². The predicted molar refractivity (Wildman–Crippen MR) is 151 cm³/mol. The quantitative estimate of drug-likeness (QED) is 0.407. The second-order valence-corrected chi connectivity index (χ2v) is 13.1. The Morgan fingerprint density at radius 1 is 1.03 bits per heavy atom. The average molecular weight is 558 g/mol. The van der Waals surface area contributed by atoms with Gasteiger partial charge in [-0.1, -0.05) is 55.0 Å². The van der Waals surface area contributed by atoms with E-state index in [2.05, 4.69) is 6.08 Å². The van der Waals surface area contributed by atoms with Gasteiger partial charge < -0.3 is 19.8 Å². The number of hydrogen-bond acceptors (Lipinski definition) is 5. The number of aliphatic hydroxyl groups is 1. The molecule has 0 bridgehead atoms. The maximum absolute atomic E-state index is 14.5. The van der Waals surface area contributed by atoms with Crippen LogP contribution in [-0.2, 0) is 14.4 Å². The van der Waals surface area contributed by atoms with E-state index in [-0.39, 0.29) is 24.3 Å². The summed E-state index contributed by atoms with van der Waals surface area (Å²) in [6.07, 6.45) is 10.1. The zero-order valence-corrected chi connectivity index (χ0v) is 23.8. The molecule has 1 N–H and O–H groups in total. The summed E-state index contributed by atoms with van der Waals surface area (Å²) >= 11 is 8.21. The highest BCUT2D eigenvalue weighted by Gasteiger charge is 2.73. The van der Waals surface area contributed by atoms with Gasteiger partial charge in [-0.05, 0) is 44.7 Å². The number of benzene rings is 1. The number of likely N-dealkylation sites (tertiary alicyclic amines) is 1. The van der Waals surface area contributed by atoms with E-state index >= 15 is 0 Å². The third-order valence-corrected chi connectivity index (χ3v) is 10.5. The smallest absolute Gasteiger partial charge is 0.251 e. The van der Waals surface area contributed by atoms with E-state index < -0.39 is 27.4 Å². The number of rotatable bonds is 7. The van der Waals surface area contributed by atoms with Gasteiger partial charge in [0.1, 0.15) is 6.04 Å². The third kappa shape index (κ3) is 4.11. The Bertz CT molecular complexity index is 1180. The van der Waals surface area contributed by atoms with Crippen molar-refractivity contribution in [2.45, 2.75) is 55.6 Å². The van der Waals surface area contributed by atoms with Gasteiger partial charge in [0.25, 0.3) is 5.91 Å². The Labute approximate surface area is 233 Å². The minimum absolute atomic E-state index is 0.0121. The van der Waals surface area contributed by atoms with Crippen LogP contribution in [0.1, 0.15) is 38.7 Å². The van der Waals surface area contributed by atoms with Gasteiger partial charge in [-0.25, -0.2) is 0 Å². The number of aryl methyl sites for hydroxylation is 1. The number of nitrogens with zero attached hydrogens (tertiary/aromatic N) is 3. The molecule has 204 valence electrons. The molecule has 4 heterocycles. The Kier molecular flexibility index (Phi) is 7.44. The molecule has 3 amide bonds. The van der Waals surface area contributed by atoms with Crippen molar-refractivity contribution >= 4 is 46.8 Å². The second kappa shape index (κ2) is 10.4. The highest BCUT2D eigenvalue weighted by Crippen LogP contribution is 2.65. The predicted octanol–water partition coefficient (Wildman–Crippen LogP) is 3.82. The number of hydrogen-bond donors (Lipinski definition) is 1. The number of anilines is 1. The minimum Gasteiger partial charge on any atom is -0.396 e. The molecule has 1 unspecified atom stereocenters. The monoisotopic (exact) mass is 557 g/mol. The van der Waals surface area contributed by atoms with Crippen LogP contribution in [0.5, 0.6) is 0 Å². The summed E-state index contributed by atoms with van der Waals surface area (Å²) in [5.41, 5.74) is 1.54. The van der Waals surface area contributed by atoms with Gasteiger partial charge in [0, 0.05) is 37.5 Å². The van der Waals surface area contributed by atoms with Crippen LogP contribution in [0, 0.1) is 18.8 Å². The zero-order chi connectivity index (χ0) is 27.2. The molecule has 0 aliphatic carbocycles. The Hall–Kier alpha value is -2.29. The van der Waals surface area contributed by atoms with E-state index in [1.54, 1.807) is 27.6 Å². The lowest BCUT2D eigenvalue weighted by Crippen LogP contribution is -2.53. The first-order chi connectivity index (χ1) is 18.2. The van der Waals surface area contributed by atoms with Crippen molar-refractivity contribution < 1.29 is 19.5 Å². The molecule has 1 aromatic rings. The fourth-order valence-corrected chi connectivity index (χ4v) is 9.32. The SMILES string of the molecule is CCCN1CC=C[C@@]2(C)S[C@]34C=CCN(c5c(C)cccc5Cl)C(=O)C3N(CCCCO)C(=O)[C@@H]4[C@H]2C1=O. The number of para-hydroxylation sites is 1. The number of amides is 3. The number of aliphatic hydroxyl groups excluding tert-OH is 1. The van der Waals surface area contributed by atoms with E-state index in [1.807, 2.05) is 56.0 Å². The Morgan fingerprint density at radius 3 is 2.50 bits per heavy atom. The topological polar surface area (TPSA) is 81.2 Å². The number of carbonyl (C=O) groups is 3. The zero-order valence-electron chi connectivity index (χ0n) is 22.2. The van der Waals surface area contributed by atoms with Gasteiger partial charge in [-0.15, -0.1) is 11.8 Å². The molecule has 4 aliphatic rings. The van der Waals surface area contributed by atoms with Crippen molar-refractivity contribution in [2.75, 3.05) is 37.7 Å². The molecule has 0 radical (unpaired) electrons. The first-order valence-electron chi connectivity index (χ1n) is 13.5. The van der Waals surface area contributed by atoms with Gasteiger partial charge >= 0.3 is 0 Å². The molecule has 0 saturated carbocycles. The lowest BCUT2D eigenvalue weighted by Gasteiger charge is -2.37. The molecule has 1 aromatic carbocycles. The summed E-state index contributed by atoms with van der Waals surface area (Å²) in [7, 11) is 0. The van der Waals surface area contributed by atoms with Crippen molar-refractivity contribution in [3.8, 4) is 0 Å². The maximum atomic E-state index is 14.5. The van der Waals surface area contributed by atoms with Crippen LogP contribution in [0.4, 0.5) is 5.69 Å². The summed E-state index contributed by atoms with van der Waals surface area (Å²) in [6.45, 7) is 7.88. The van der Waals surface area contributed by atoms with Crippen molar-refractivity contribution in [1.82, 2.24) is 9.80 Å². The summed E-state index contributed by atoms with van der Waals surface area (Å²) in [5, 5.41) is 9.90. The molecular weight excluding hydrogens is 522 g/mol.